The van der Waals surface area contributed by atoms with E-state index in [9.17, 15) is 9.59 Å². The number of rotatable bonds is 8. The Labute approximate surface area is 165 Å². The number of para-hydroxylation sites is 2. The van der Waals surface area contributed by atoms with Gasteiger partial charge in [0.25, 0.3) is 0 Å². The maximum atomic E-state index is 12.1. The number of nitrogens with one attached hydrogen (secondary N) is 3. The summed E-state index contributed by atoms with van der Waals surface area (Å²) in [4.78, 5) is 23.8. The smallest absolute Gasteiger partial charge is 0.321 e. The molecule has 1 aliphatic carbocycles. The SMILES string of the molecule is CCOc1ccccc1Nc1nnc(SC(C)C(=O)NC(=O)NC2CC2)s1. The molecule has 1 aromatic carbocycles. The average Bonchev–Trinajstić information content (AvgIpc) is 3.34. The number of anilines is 2. The van der Waals surface area contributed by atoms with Crippen LogP contribution in [0.3, 0.4) is 0 Å². The first-order chi connectivity index (χ1) is 13.0. The van der Waals surface area contributed by atoms with Gasteiger partial charge in [-0.3, -0.25) is 10.1 Å². The summed E-state index contributed by atoms with van der Waals surface area (Å²) >= 11 is 2.59. The summed E-state index contributed by atoms with van der Waals surface area (Å²) in [6.07, 6.45) is 1.94. The number of imide groups is 1. The van der Waals surface area contributed by atoms with E-state index in [0.717, 1.165) is 24.3 Å². The molecule has 1 unspecified atom stereocenters. The fourth-order valence-corrected chi connectivity index (χ4v) is 4.05. The topological polar surface area (TPSA) is 105 Å². The summed E-state index contributed by atoms with van der Waals surface area (Å²) in [5.41, 5.74) is 0.801. The first-order valence-electron chi connectivity index (χ1n) is 8.65. The van der Waals surface area contributed by atoms with Crippen LogP contribution in [0.5, 0.6) is 5.75 Å². The van der Waals surface area contributed by atoms with Gasteiger partial charge >= 0.3 is 6.03 Å². The van der Waals surface area contributed by atoms with Gasteiger partial charge in [0, 0.05) is 6.04 Å². The van der Waals surface area contributed by atoms with Gasteiger partial charge in [-0.05, 0) is 38.8 Å². The van der Waals surface area contributed by atoms with Crippen LogP contribution < -0.4 is 20.7 Å². The summed E-state index contributed by atoms with van der Waals surface area (Å²) in [6.45, 7) is 4.22. The van der Waals surface area contributed by atoms with Gasteiger partial charge in [0.15, 0.2) is 4.34 Å². The van der Waals surface area contributed by atoms with Crippen molar-refractivity contribution in [2.45, 2.75) is 42.3 Å². The van der Waals surface area contributed by atoms with Gasteiger partial charge in [-0.25, -0.2) is 4.79 Å². The lowest BCUT2D eigenvalue weighted by Crippen LogP contribution is -2.43. The Bertz CT molecular complexity index is 809. The standard InChI is InChI=1S/C17H21N5O3S2/c1-3-25-13-7-5-4-6-12(13)19-16-21-22-17(27-16)26-10(2)14(23)20-15(24)18-11-8-9-11/h4-7,10-11H,3,8-9H2,1-2H3,(H,19,21)(H2,18,20,23,24). The summed E-state index contributed by atoms with van der Waals surface area (Å²) in [6, 6.07) is 7.34. The molecule has 0 radical (unpaired) electrons. The molecule has 1 atom stereocenters. The molecule has 1 saturated carbocycles. The Morgan fingerprint density at radius 2 is 2.11 bits per heavy atom. The van der Waals surface area contributed by atoms with E-state index in [0.29, 0.717) is 16.1 Å². The van der Waals surface area contributed by atoms with Crippen LogP contribution in [-0.2, 0) is 4.79 Å². The molecule has 8 nitrogen and oxygen atoms in total. The van der Waals surface area contributed by atoms with Crippen molar-refractivity contribution in [2.75, 3.05) is 11.9 Å². The number of carbonyl (C=O) groups excluding carboxylic acids is 2. The van der Waals surface area contributed by atoms with Crippen LogP contribution in [0, 0.1) is 0 Å². The van der Waals surface area contributed by atoms with E-state index in [1.54, 1.807) is 6.92 Å². The van der Waals surface area contributed by atoms with E-state index in [1.165, 1.54) is 23.1 Å². The number of thioether (sulfide) groups is 1. The maximum absolute atomic E-state index is 12.1. The number of carbonyl (C=O) groups is 2. The Kier molecular flexibility index (Phi) is 6.51. The minimum atomic E-state index is -0.466. The van der Waals surface area contributed by atoms with Crippen molar-refractivity contribution < 1.29 is 14.3 Å². The average molecular weight is 408 g/mol. The van der Waals surface area contributed by atoms with Crippen molar-refractivity contribution in [3.63, 3.8) is 0 Å². The van der Waals surface area contributed by atoms with Gasteiger partial charge in [0.2, 0.25) is 11.0 Å². The zero-order chi connectivity index (χ0) is 19.2. The molecule has 3 amide bonds. The number of amides is 3. The van der Waals surface area contributed by atoms with Crippen molar-refractivity contribution in [3.8, 4) is 5.75 Å². The second kappa shape index (κ2) is 9.05. The fourth-order valence-electron chi connectivity index (χ4n) is 2.14. The van der Waals surface area contributed by atoms with Crippen molar-refractivity contribution >= 4 is 45.9 Å². The first-order valence-corrected chi connectivity index (χ1v) is 10.3. The normalized spacial score (nSPS) is 14.3. The molecule has 144 valence electrons. The van der Waals surface area contributed by atoms with Gasteiger partial charge in [0.1, 0.15) is 5.75 Å². The molecule has 0 aliphatic heterocycles. The highest BCUT2D eigenvalue weighted by Gasteiger charge is 2.25. The minimum absolute atomic E-state index is 0.206. The van der Waals surface area contributed by atoms with E-state index in [4.69, 9.17) is 4.74 Å². The monoisotopic (exact) mass is 407 g/mol. The van der Waals surface area contributed by atoms with E-state index < -0.39 is 11.3 Å². The van der Waals surface area contributed by atoms with Crippen molar-refractivity contribution in [3.05, 3.63) is 24.3 Å². The van der Waals surface area contributed by atoms with Crippen LogP contribution in [0.2, 0.25) is 0 Å². The van der Waals surface area contributed by atoms with E-state index >= 15 is 0 Å². The summed E-state index contributed by atoms with van der Waals surface area (Å²) in [7, 11) is 0. The molecule has 0 spiro atoms. The lowest BCUT2D eigenvalue weighted by molar-refractivity contribution is -0.119. The van der Waals surface area contributed by atoms with Gasteiger partial charge in [-0.2, -0.15) is 0 Å². The molecular formula is C17H21N5O3S2. The molecule has 3 rings (SSSR count). The van der Waals surface area contributed by atoms with Gasteiger partial charge in [-0.1, -0.05) is 35.2 Å². The van der Waals surface area contributed by atoms with Crippen molar-refractivity contribution in [1.29, 1.82) is 0 Å². The van der Waals surface area contributed by atoms with E-state index in [-0.39, 0.29) is 11.9 Å². The fraction of sp³-hybridized carbons (Fsp3) is 0.412. The Balaban J connectivity index is 1.54. The summed E-state index contributed by atoms with van der Waals surface area (Å²) in [5.74, 6) is 0.378. The molecule has 0 saturated heterocycles. The highest BCUT2D eigenvalue weighted by Crippen LogP contribution is 2.33. The number of aromatic nitrogens is 2. The molecule has 10 heteroatoms. The number of hydrogen-bond acceptors (Lipinski definition) is 8. The van der Waals surface area contributed by atoms with Crippen LogP contribution >= 0.6 is 23.1 Å². The van der Waals surface area contributed by atoms with Gasteiger partial charge in [-0.15, -0.1) is 10.2 Å². The lowest BCUT2D eigenvalue weighted by Gasteiger charge is -2.10. The number of urea groups is 1. The highest BCUT2D eigenvalue weighted by atomic mass is 32.2. The third-order valence-electron chi connectivity index (χ3n) is 3.63. The Morgan fingerprint density at radius 3 is 2.85 bits per heavy atom. The number of ether oxygens (including phenoxy) is 1. The van der Waals surface area contributed by atoms with Crippen LogP contribution in [0.1, 0.15) is 26.7 Å². The predicted molar refractivity (Wildman–Crippen MR) is 106 cm³/mol. The maximum Gasteiger partial charge on any atom is 0.321 e. The molecular weight excluding hydrogens is 386 g/mol. The van der Waals surface area contributed by atoms with E-state index in [2.05, 4.69) is 26.1 Å². The van der Waals surface area contributed by atoms with Gasteiger partial charge < -0.3 is 15.4 Å². The molecule has 0 bridgehead atoms. The summed E-state index contributed by atoms with van der Waals surface area (Å²) < 4.78 is 6.21. The minimum Gasteiger partial charge on any atom is -0.492 e. The molecule has 1 heterocycles. The Morgan fingerprint density at radius 1 is 1.33 bits per heavy atom. The van der Waals surface area contributed by atoms with Crippen molar-refractivity contribution in [1.82, 2.24) is 20.8 Å². The largest absolute Gasteiger partial charge is 0.492 e. The third-order valence-corrected chi connectivity index (χ3v) is 5.65. The quantitative estimate of drug-likeness (QED) is 0.577. The Hall–Kier alpha value is -2.33. The number of nitrogens with zero attached hydrogens (tertiary/aromatic N) is 2. The molecule has 2 aromatic rings. The molecule has 27 heavy (non-hydrogen) atoms. The second-order valence-electron chi connectivity index (χ2n) is 5.92. The van der Waals surface area contributed by atoms with Crippen molar-refractivity contribution in [2.24, 2.45) is 0 Å². The predicted octanol–water partition coefficient (Wildman–Crippen LogP) is 3.15. The van der Waals surface area contributed by atoms with Crippen LogP contribution in [-0.4, -0.2) is 40.0 Å². The molecule has 1 aromatic heterocycles. The third kappa shape index (κ3) is 5.83. The molecule has 1 fully saturated rings. The van der Waals surface area contributed by atoms with Gasteiger partial charge in [0.05, 0.1) is 17.5 Å². The lowest BCUT2D eigenvalue weighted by atomic mass is 10.3. The number of benzene rings is 1. The van der Waals surface area contributed by atoms with Crippen LogP contribution in [0.4, 0.5) is 15.6 Å². The zero-order valence-corrected chi connectivity index (χ0v) is 16.7. The summed E-state index contributed by atoms with van der Waals surface area (Å²) in [5, 5.41) is 16.6. The first kappa shape index (κ1) is 19.4. The highest BCUT2D eigenvalue weighted by molar-refractivity contribution is 8.02. The second-order valence-corrected chi connectivity index (χ2v) is 8.49. The number of hydrogen-bond donors (Lipinski definition) is 3. The molecule has 3 N–H and O–H groups in total. The van der Waals surface area contributed by atoms with E-state index in [1.807, 2.05) is 31.2 Å². The zero-order valence-electron chi connectivity index (χ0n) is 15.0. The molecule has 1 aliphatic rings. The van der Waals surface area contributed by atoms with Crippen LogP contribution in [0.15, 0.2) is 28.6 Å². The van der Waals surface area contributed by atoms with Crippen LogP contribution in [0.25, 0.3) is 0 Å².